The van der Waals surface area contributed by atoms with Crippen molar-refractivity contribution in [1.82, 2.24) is 0 Å². The van der Waals surface area contributed by atoms with Gasteiger partial charge in [0.2, 0.25) is 0 Å². The lowest BCUT2D eigenvalue weighted by molar-refractivity contribution is -0.155. The Kier molecular flexibility index (Phi) is 2.34. The van der Waals surface area contributed by atoms with Crippen molar-refractivity contribution < 1.29 is 9.53 Å². The molecule has 1 rings (SSSR count). The summed E-state index contributed by atoms with van der Waals surface area (Å²) < 4.78 is 5.13. The first-order chi connectivity index (χ1) is 5.87. The standard InChI is InChI=1S/C10H15NO2/c1-9(2,3)13-8(12)6-10(7-11)4-5-10/h4-6H2,1-3H3. The third-order valence-electron chi connectivity index (χ3n) is 1.99. The van der Waals surface area contributed by atoms with Crippen molar-refractivity contribution in [3.63, 3.8) is 0 Å². The minimum atomic E-state index is -0.442. The lowest BCUT2D eigenvalue weighted by Gasteiger charge is -2.20. The van der Waals surface area contributed by atoms with Crippen molar-refractivity contribution in [2.75, 3.05) is 0 Å². The Hall–Kier alpha value is -1.04. The van der Waals surface area contributed by atoms with Gasteiger partial charge in [0.05, 0.1) is 17.9 Å². The van der Waals surface area contributed by atoms with Crippen LogP contribution in [0.5, 0.6) is 0 Å². The Morgan fingerprint density at radius 1 is 1.54 bits per heavy atom. The number of ether oxygens (including phenoxy) is 1. The first kappa shape index (κ1) is 10.0. The van der Waals surface area contributed by atoms with Crippen LogP contribution in [0.2, 0.25) is 0 Å². The van der Waals surface area contributed by atoms with E-state index < -0.39 is 5.60 Å². The van der Waals surface area contributed by atoms with Crippen LogP contribution in [0.25, 0.3) is 0 Å². The van der Waals surface area contributed by atoms with Gasteiger partial charge in [-0.25, -0.2) is 0 Å². The fourth-order valence-corrected chi connectivity index (χ4v) is 1.13. The molecule has 1 aliphatic carbocycles. The Bertz CT molecular complexity index is 253. The van der Waals surface area contributed by atoms with Crippen LogP contribution in [-0.2, 0) is 9.53 Å². The number of hydrogen-bond donors (Lipinski definition) is 0. The van der Waals surface area contributed by atoms with Crippen LogP contribution in [0.1, 0.15) is 40.0 Å². The largest absolute Gasteiger partial charge is 0.460 e. The highest BCUT2D eigenvalue weighted by molar-refractivity contribution is 5.72. The van der Waals surface area contributed by atoms with Gasteiger partial charge in [-0.15, -0.1) is 0 Å². The predicted molar refractivity (Wildman–Crippen MR) is 47.7 cm³/mol. The average Bonchev–Trinajstić information content (AvgIpc) is 2.65. The van der Waals surface area contributed by atoms with Crippen molar-refractivity contribution in [2.45, 2.75) is 45.6 Å². The molecule has 0 aromatic heterocycles. The molecule has 0 saturated heterocycles. The molecule has 0 radical (unpaired) electrons. The Morgan fingerprint density at radius 3 is 2.38 bits per heavy atom. The smallest absolute Gasteiger partial charge is 0.307 e. The first-order valence-corrected chi connectivity index (χ1v) is 4.50. The number of esters is 1. The number of hydrogen-bond acceptors (Lipinski definition) is 3. The zero-order chi connectivity index (χ0) is 10.1. The summed E-state index contributed by atoms with van der Waals surface area (Å²) in [6, 6.07) is 2.17. The molecule has 1 aliphatic rings. The van der Waals surface area contributed by atoms with E-state index in [-0.39, 0.29) is 17.8 Å². The second-order valence-corrected chi connectivity index (χ2v) is 4.66. The Labute approximate surface area is 78.7 Å². The van der Waals surface area contributed by atoms with Gasteiger partial charge in [-0.3, -0.25) is 4.79 Å². The lowest BCUT2D eigenvalue weighted by atomic mass is 10.1. The summed E-state index contributed by atoms with van der Waals surface area (Å²) >= 11 is 0. The summed E-state index contributed by atoms with van der Waals surface area (Å²) in [5.74, 6) is -0.258. The summed E-state index contributed by atoms with van der Waals surface area (Å²) in [5.41, 5.74) is -0.828. The summed E-state index contributed by atoms with van der Waals surface area (Å²) in [6.45, 7) is 5.49. The van der Waals surface area contributed by atoms with Crippen LogP contribution in [0, 0.1) is 16.7 Å². The van der Waals surface area contributed by atoms with E-state index in [2.05, 4.69) is 6.07 Å². The van der Waals surface area contributed by atoms with E-state index in [9.17, 15) is 4.79 Å². The van der Waals surface area contributed by atoms with Crippen molar-refractivity contribution in [3.05, 3.63) is 0 Å². The van der Waals surface area contributed by atoms with Gasteiger partial charge in [0.15, 0.2) is 0 Å². The molecule has 0 heterocycles. The number of nitriles is 1. The van der Waals surface area contributed by atoms with Gasteiger partial charge in [0.1, 0.15) is 5.60 Å². The van der Waals surface area contributed by atoms with Gasteiger partial charge in [-0.1, -0.05) is 0 Å². The molecule has 72 valence electrons. The molecule has 0 spiro atoms. The minimum Gasteiger partial charge on any atom is -0.460 e. The minimum absolute atomic E-state index is 0.251. The highest BCUT2D eigenvalue weighted by atomic mass is 16.6. The first-order valence-electron chi connectivity index (χ1n) is 4.50. The van der Waals surface area contributed by atoms with Crippen molar-refractivity contribution in [2.24, 2.45) is 5.41 Å². The van der Waals surface area contributed by atoms with E-state index in [0.717, 1.165) is 12.8 Å². The molecule has 0 amide bonds. The lowest BCUT2D eigenvalue weighted by Crippen LogP contribution is -2.25. The van der Waals surface area contributed by atoms with Gasteiger partial charge in [-0.2, -0.15) is 5.26 Å². The van der Waals surface area contributed by atoms with Crippen LogP contribution in [0.4, 0.5) is 0 Å². The van der Waals surface area contributed by atoms with Crippen LogP contribution >= 0.6 is 0 Å². The third kappa shape index (κ3) is 3.06. The quantitative estimate of drug-likeness (QED) is 0.612. The van der Waals surface area contributed by atoms with Crippen molar-refractivity contribution in [3.8, 4) is 6.07 Å². The maximum absolute atomic E-state index is 11.3. The third-order valence-corrected chi connectivity index (χ3v) is 1.99. The number of carbonyl (C=O) groups excluding carboxylic acids is 1. The van der Waals surface area contributed by atoms with Crippen LogP contribution < -0.4 is 0 Å². The molecule has 13 heavy (non-hydrogen) atoms. The zero-order valence-electron chi connectivity index (χ0n) is 8.39. The monoisotopic (exact) mass is 181 g/mol. The fourth-order valence-electron chi connectivity index (χ4n) is 1.13. The van der Waals surface area contributed by atoms with Crippen molar-refractivity contribution in [1.29, 1.82) is 5.26 Å². The van der Waals surface area contributed by atoms with Crippen LogP contribution in [0.15, 0.2) is 0 Å². The van der Waals surface area contributed by atoms with Gasteiger partial charge >= 0.3 is 5.97 Å². The second kappa shape index (κ2) is 3.02. The molecular weight excluding hydrogens is 166 g/mol. The van der Waals surface area contributed by atoms with Crippen LogP contribution in [-0.4, -0.2) is 11.6 Å². The Morgan fingerprint density at radius 2 is 2.08 bits per heavy atom. The molecule has 0 aliphatic heterocycles. The van der Waals surface area contributed by atoms with Gasteiger partial charge in [0, 0.05) is 0 Å². The topological polar surface area (TPSA) is 50.1 Å². The molecule has 0 aromatic rings. The molecule has 0 aromatic carbocycles. The number of carbonyl (C=O) groups is 1. The molecule has 0 bridgehead atoms. The van der Waals surface area contributed by atoms with Crippen molar-refractivity contribution >= 4 is 5.97 Å². The summed E-state index contributed by atoms with van der Waals surface area (Å²) in [4.78, 5) is 11.3. The van der Waals surface area contributed by atoms with Gasteiger partial charge < -0.3 is 4.74 Å². The molecular formula is C10H15NO2. The molecule has 1 fully saturated rings. The van der Waals surface area contributed by atoms with Crippen LogP contribution in [0.3, 0.4) is 0 Å². The highest BCUT2D eigenvalue weighted by Gasteiger charge is 2.45. The van der Waals surface area contributed by atoms with E-state index >= 15 is 0 Å². The highest BCUT2D eigenvalue weighted by Crippen LogP contribution is 2.48. The maximum atomic E-state index is 11.3. The average molecular weight is 181 g/mol. The Balaban J connectivity index is 2.40. The fraction of sp³-hybridized carbons (Fsp3) is 0.800. The van der Waals surface area contributed by atoms with E-state index in [1.165, 1.54) is 0 Å². The predicted octanol–water partition coefficient (Wildman–Crippen LogP) is 2.02. The molecule has 0 unspecified atom stereocenters. The van der Waals surface area contributed by atoms with E-state index in [4.69, 9.17) is 10.00 Å². The second-order valence-electron chi connectivity index (χ2n) is 4.66. The SMILES string of the molecule is CC(C)(C)OC(=O)CC1(C#N)CC1. The number of nitrogens with zero attached hydrogens (tertiary/aromatic N) is 1. The summed E-state index contributed by atoms with van der Waals surface area (Å²) in [6.07, 6.45) is 1.92. The van der Waals surface area contributed by atoms with E-state index in [1.54, 1.807) is 0 Å². The van der Waals surface area contributed by atoms with E-state index in [1.807, 2.05) is 20.8 Å². The molecule has 1 saturated carbocycles. The molecule has 3 heteroatoms. The summed E-state index contributed by atoms with van der Waals surface area (Å²) in [7, 11) is 0. The van der Waals surface area contributed by atoms with E-state index in [0.29, 0.717) is 0 Å². The van der Waals surface area contributed by atoms with Gasteiger partial charge in [-0.05, 0) is 33.6 Å². The molecule has 3 nitrogen and oxygen atoms in total. The molecule has 0 N–H and O–H groups in total. The van der Waals surface area contributed by atoms with Gasteiger partial charge in [0.25, 0.3) is 0 Å². The summed E-state index contributed by atoms with van der Waals surface area (Å²) in [5, 5.41) is 8.75. The molecule has 0 atom stereocenters. The normalized spacial score (nSPS) is 18.9. The maximum Gasteiger partial charge on any atom is 0.307 e. The number of rotatable bonds is 2. The zero-order valence-corrected chi connectivity index (χ0v) is 8.39.